The van der Waals surface area contributed by atoms with E-state index in [4.69, 9.17) is 9.47 Å². The van der Waals surface area contributed by atoms with Gasteiger partial charge in [0.2, 0.25) is 0 Å². The molecule has 1 unspecified atom stereocenters. The molecule has 0 amide bonds. The molecule has 0 bridgehead atoms. The Morgan fingerprint density at radius 2 is 1.76 bits per heavy atom. The standard InChI is InChI=1S/C18H19NO6/c1-11-8-9-18(15(20)24-17(2,3)25-16(18)21)13(10-11)12-6-4-5-7-14(12)19(22)23/h4-8,13H,9-10H2,1-3H3. The molecule has 0 aromatic heterocycles. The number of ether oxygens (including phenoxy) is 2. The molecule has 1 saturated heterocycles. The van der Waals surface area contributed by atoms with Crippen molar-refractivity contribution in [3.8, 4) is 0 Å². The average Bonchev–Trinajstić information content (AvgIpc) is 2.52. The maximum absolute atomic E-state index is 12.8. The van der Waals surface area contributed by atoms with E-state index in [0.29, 0.717) is 12.0 Å². The number of para-hydroxylation sites is 1. The largest absolute Gasteiger partial charge is 0.422 e. The molecule has 3 rings (SSSR count). The number of nitro groups is 1. The summed E-state index contributed by atoms with van der Waals surface area (Å²) in [5, 5.41) is 11.4. The third-order valence-electron chi connectivity index (χ3n) is 4.81. The highest BCUT2D eigenvalue weighted by molar-refractivity contribution is 6.03. The SMILES string of the molecule is CC1=CCC2(C(=O)OC(C)(C)OC2=O)C(c2ccccc2[N+](=O)[O-])C1. The summed E-state index contributed by atoms with van der Waals surface area (Å²) >= 11 is 0. The first-order valence-corrected chi connectivity index (χ1v) is 8.03. The van der Waals surface area contributed by atoms with Gasteiger partial charge in [-0.15, -0.1) is 0 Å². The van der Waals surface area contributed by atoms with E-state index in [1.54, 1.807) is 24.3 Å². The van der Waals surface area contributed by atoms with Crippen LogP contribution in [0.4, 0.5) is 5.69 Å². The molecule has 7 heteroatoms. The van der Waals surface area contributed by atoms with Crippen molar-refractivity contribution in [2.24, 2.45) is 5.41 Å². The smallest absolute Gasteiger partial charge is 0.327 e. The third-order valence-corrected chi connectivity index (χ3v) is 4.81. The molecule has 0 saturated carbocycles. The fourth-order valence-electron chi connectivity index (χ4n) is 3.56. The van der Waals surface area contributed by atoms with Crippen LogP contribution in [0.3, 0.4) is 0 Å². The third kappa shape index (κ3) is 2.69. The average molecular weight is 345 g/mol. The first-order valence-electron chi connectivity index (χ1n) is 8.03. The summed E-state index contributed by atoms with van der Waals surface area (Å²) in [5.74, 6) is -3.44. The lowest BCUT2D eigenvalue weighted by atomic mass is 9.63. The number of allylic oxidation sites excluding steroid dienone is 2. The zero-order chi connectivity index (χ0) is 18.4. The fraction of sp³-hybridized carbons (Fsp3) is 0.444. The van der Waals surface area contributed by atoms with E-state index in [2.05, 4.69) is 0 Å². The zero-order valence-corrected chi connectivity index (χ0v) is 14.3. The molecule has 1 spiro atoms. The van der Waals surface area contributed by atoms with Crippen LogP contribution >= 0.6 is 0 Å². The minimum Gasteiger partial charge on any atom is -0.422 e. The number of hydrogen-bond donors (Lipinski definition) is 0. The van der Waals surface area contributed by atoms with E-state index in [9.17, 15) is 19.7 Å². The normalized spacial score (nSPS) is 24.3. The molecule has 132 valence electrons. The van der Waals surface area contributed by atoms with Gasteiger partial charge in [0.05, 0.1) is 4.92 Å². The maximum atomic E-state index is 12.8. The molecule has 7 nitrogen and oxygen atoms in total. The molecule has 1 aromatic carbocycles. The van der Waals surface area contributed by atoms with Crippen LogP contribution in [0.5, 0.6) is 0 Å². The Hall–Kier alpha value is -2.70. The highest BCUT2D eigenvalue weighted by Crippen LogP contribution is 2.53. The van der Waals surface area contributed by atoms with Crippen LogP contribution in [0.15, 0.2) is 35.9 Å². The molecule has 1 aromatic rings. The summed E-state index contributed by atoms with van der Waals surface area (Å²) < 4.78 is 10.7. The number of esters is 2. The van der Waals surface area contributed by atoms with Crippen molar-refractivity contribution in [3.63, 3.8) is 0 Å². The van der Waals surface area contributed by atoms with E-state index >= 15 is 0 Å². The molecule has 2 aliphatic rings. The molecule has 1 heterocycles. The number of nitro benzene ring substituents is 1. The first-order chi connectivity index (χ1) is 11.7. The van der Waals surface area contributed by atoms with Gasteiger partial charge in [0.1, 0.15) is 0 Å². The molecule has 0 N–H and O–H groups in total. The summed E-state index contributed by atoms with van der Waals surface area (Å²) in [6.45, 7) is 4.84. The van der Waals surface area contributed by atoms with Gasteiger partial charge in [0.15, 0.2) is 5.41 Å². The molecular formula is C18H19NO6. The highest BCUT2D eigenvalue weighted by atomic mass is 16.7. The summed E-state index contributed by atoms with van der Waals surface area (Å²) in [5.41, 5.74) is -0.416. The Morgan fingerprint density at radius 1 is 1.16 bits per heavy atom. The van der Waals surface area contributed by atoms with Crippen LogP contribution in [0.1, 0.15) is 45.1 Å². The van der Waals surface area contributed by atoms with Crippen LogP contribution in [-0.2, 0) is 19.1 Å². The molecule has 0 radical (unpaired) electrons. The number of carbonyl (C=O) groups is 2. The van der Waals surface area contributed by atoms with Crippen molar-refractivity contribution in [2.75, 3.05) is 0 Å². The second-order valence-corrected chi connectivity index (χ2v) is 6.98. The first kappa shape index (κ1) is 17.1. The van der Waals surface area contributed by atoms with E-state index < -0.39 is 34.0 Å². The predicted octanol–water partition coefficient (Wildman–Crippen LogP) is 3.24. The van der Waals surface area contributed by atoms with Gasteiger partial charge in [-0.25, -0.2) is 0 Å². The van der Waals surface area contributed by atoms with E-state index in [-0.39, 0.29) is 12.1 Å². The van der Waals surface area contributed by atoms with E-state index in [1.807, 2.05) is 6.92 Å². The van der Waals surface area contributed by atoms with Crippen LogP contribution in [0.2, 0.25) is 0 Å². The zero-order valence-electron chi connectivity index (χ0n) is 14.3. The van der Waals surface area contributed by atoms with E-state index in [0.717, 1.165) is 5.57 Å². The lowest BCUT2D eigenvalue weighted by Gasteiger charge is -2.45. The Labute approximate surface area is 144 Å². The van der Waals surface area contributed by atoms with Gasteiger partial charge in [0, 0.05) is 31.4 Å². The molecule has 1 fully saturated rings. The monoisotopic (exact) mass is 345 g/mol. The van der Waals surface area contributed by atoms with Gasteiger partial charge >= 0.3 is 11.9 Å². The number of hydrogen-bond acceptors (Lipinski definition) is 6. The van der Waals surface area contributed by atoms with Crippen molar-refractivity contribution in [2.45, 2.75) is 45.3 Å². The van der Waals surface area contributed by atoms with Gasteiger partial charge in [-0.3, -0.25) is 19.7 Å². The predicted molar refractivity (Wildman–Crippen MR) is 87.5 cm³/mol. The minimum absolute atomic E-state index is 0.100. The molecule has 1 atom stereocenters. The van der Waals surface area contributed by atoms with Crippen molar-refractivity contribution in [3.05, 3.63) is 51.6 Å². The summed E-state index contributed by atoms with van der Waals surface area (Å²) in [6, 6.07) is 6.18. The van der Waals surface area contributed by atoms with Crippen LogP contribution in [-0.4, -0.2) is 22.6 Å². The Bertz CT molecular complexity index is 775. The van der Waals surface area contributed by atoms with Gasteiger partial charge in [0.25, 0.3) is 11.5 Å². The minimum atomic E-state index is -1.60. The van der Waals surface area contributed by atoms with Crippen LogP contribution < -0.4 is 0 Å². The van der Waals surface area contributed by atoms with Gasteiger partial charge < -0.3 is 9.47 Å². The van der Waals surface area contributed by atoms with Gasteiger partial charge in [-0.05, 0) is 19.8 Å². The molecule has 1 aliphatic carbocycles. The van der Waals surface area contributed by atoms with Crippen molar-refractivity contribution in [1.29, 1.82) is 0 Å². The van der Waals surface area contributed by atoms with Crippen LogP contribution in [0.25, 0.3) is 0 Å². The lowest BCUT2D eigenvalue weighted by Crippen LogP contribution is -2.57. The Balaban J connectivity index is 2.17. The van der Waals surface area contributed by atoms with E-state index in [1.165, 1.54) is 19.9 Å². The molecule has 1 aliphatic heterocycles. The second kappa shape index (κ2) is 5.68. The number of nitrogens with zero attached hydrogens (tertiary/aromatic N) is 1. The second-order valence-electron chi connectivity index (χ2n) is 6.98. The lowest BCUT2D eigenvalue weighted by molar-refractivity contribution is -0.385. The van der Waals surface area contributed by atoms with Crippen molar-refractivity contribution in [1.82, 2.24) is 0 Å². The Morgan fingerprint density at radius 3 is 2.36 bits per heavy atom. The summed E-state index contributed by atoms with van der Waals surface area (Å²) in [6.07, 6.45) is 2.24. The Kier molecular flexibility index (Phi) is 3.89. The fourth-order valence-corrected chi connectivity index (χ4v) is 3.56. The van der Waals surface area contributed by atoms with Gasteiger partial charge in [-0.1, -0.05) is 29.8 Å². The number of benzene rings is 1. The van der Waals surface area contributed by atoms with Crippen molar-refractivity contribution >= 4 is 17.6 Å². The van der Waals surface area contributed by atoms with Gasteiger partial charge in [-0.2, -0.15) is 0 Å². The number of rotatable bonds is 2. The molecular weight excluding hydrogens is 326 g/mol. The number of carbonyl (C=O) groups excluding carboxylic acids is 2. The number of cyclic esters (lactones) is 2. The quantitative estimate of drug-likeness (QED) is 0.268. The maximum Gasteiger partial charge on any atom is 0.327 e. The van der Waals surface area contributed by atoms with Crippen molar-refractivity contribution < 1.29 is 24.0 Å². The topological polar surface area (TPSA) is 95.7 Å². The molecule has 25 heavy (non-hydrogen) atoms. The summed E-state index contributed by atoms with van der Waals surface area (Å²) in [7, 11) is 0. The van der Waals surface area contributed by atoms with Crippen LogP contribution in [0, 0.1) is 15.5 Å². The highest BCUT2D eigenvalue weighted by Gasteiger charge is 2.61. The summed E-state index contributed by atoms with van der Waals surface area (Å²) in [4.78, 5) is 36.6.